The fourth-order valence-electron chi connectivity index (χ4n) is 3.16. The normalized spacial score (nSPS) is 13.3. The summed E-state index contributed by atoms with van der Waals surface area (Å²) in [6, 6.07) is 11.4. The molecule has 0 aliphatic carbocycles. The van der Waals surface area contributed by atoms with Crippen molar-refractivity contribution in [1.82, 2.24) is 20.3 Å². The first kappa shape index (κ1) is 28.1. The number of halogens is 4. The number of ether oxygens (including phenoxy) is 2. The number of hydrogen-bond donors (Lipinski definition) is 2. The van der Waals surface area contributed by atoms with E-state index in [4.69, 9.17) is 16.3 Å². The van der Waals surface area contributed by atoms with Crippen LogP contribution in [0.5, 0.6) is 5.75 Å². The van der Waals surface area contributed by atoms with Crippen molar-refractivity contribution in [3.63, 3.8) is 0 Å². The predicted molar refractivity (Wildman–Crippen MR) is 132 cm³/mol. The number of rotatable bonds is 9. The van der Waals surface area contributed by atoms with Crippen LogP contribution in [0.1, 0.15) is 26.3 Å². The van der Waals surface area contributed by atoms with Crippen molar-refractivity contribution in [3.05, 3.63) is 63.5 Å². The van der Waals surface area contributed by atoms with Gasteiger partial charge in [0.15, 0.2) is 5.82 Å². The van der Waals surface area contributed by atoms with E-state index in [9.17, 15) is 22.8 Å². The molecule has 2 aromatic carbocycles. The molecule has 12 heteroatoms. The Labute approximate surface area is 216 Å². The lowest BCUT2D eigenvalue weighted by atomic mass is 10.0. The van der Waals surface area contributed by atoms with Gasteiger partial charge in [0.05, 0.1) is 11.6 Å². The van der Waals surface area contributed by atoms with E-state index in [-0.39, 0.29) is 23.2 Å². The first-order valence-corrected chi connectivity index (χ1v) is 11.6. The van der Waals surface area contributed by atoms with Gasteiger partial charge in [0.25, 0.3) is 5.91 Å². The Kier molecular flexibility index (Phi) is 8.60. The summed E-state index contributed by atoms with van der Waals surface area (Å²) in [6.07, 6.45) is -4.91. The third-order valence-corrected chi connectivity index (χ3v) is 5.80. The molecule has 0 spiro atoms. The number of aromatic amines is 1. The molecule has 8 nitrogen and oxygen atoms in total. The van der Waals surface area contributed by atoms with Crippen molar-refractivity contribution >= 4 is 17.5 Å². The fourth-order valence-corrected chi connectivity index (χ4v) is 3.36. The Balaban J connectivity index is 1.85. The zero-order valence-corrected chi connectivity index (χ0v) is 21.3. The highest BCUT2D eigenvalue weighted by atomic mass is 35.5. The lowest BCUT2D eigenvalue weighted by Crippen LogP contribution is -2.55. The minimum absolute atomic E-state index is 0.102. The highest BCUT2D eigenvalue weighted by Gasteiger charge is 2.57. The summed E-state index contributed by atoms with van der Waals surface area (Å²) < 4.78 is 49.9. The average molecular weight is 539 g/mol. The monoisotopic (exact) mass is 538 g/mol. The molecule has 0 saturated carbocycles. The van der Waals surface area contributed by atoms with E-state index in [1.165, 1.54) is 18.2 Å². The van der Waals surface area contributed by atoms with E-state index < -0.39 is 23.4 Å². The van der Waals surface area contributed by atoms with E-state index >= 15 is 0 Å². The first-order valence-electron chi connectivity index (χ1n) is 11.2. The summed E-state index contributed by atoms with van der Waals surface area (Å²) in [4.78, 5) is 35.4. The molecule has 3 rings (SSSR count). The first-order chi connectivity index (χ1) is 17.3. The summed E-state index contributed by atoms with van der Waals surface area (Å²) in [5.74, 6) is -0.0792. The number of H-pyrrole nitrogens is 1. The van der Waals surface area contributed by atoms with Crippen LogP contribution in [0.2, 0.25) is 5.02 Å². The molecule has 0 unspecified atom stereocenters. The minimum Gasteiger partial charge on any atom is -0.493 e. The Hall–Kier alpha value is -3.44. The van der Waals surface area contributed by atoms with Crippen molar-refractivity contribution in [2.75, 3.05) is 13.7 Å². The van der Waals surface area contributed by atoms with Crippen LogP contribution in [-0.2, 0) is 16.1 Å². The number of methoxy groups -OCH3 is 1. The molecular weight excluding hydrogens is 513 g/mol. The second kappa shape index (κ2) is 11.3. The fraction of sp³-hybridized carbons (Fsp3) is 0.360. The molecule has 0 fully saturated rings. The van der Waals surface area contributed by atoms with Crippen molar-refractivity contribution in [2.24, 2.45) is 5.92 Å². The molecule has 0 radical (unpaired) electrons. The van der Waals surface area contributed by atoms with Gasteiger partial charge in [-0.05, 0) is 54.8 Å². The highest BCUT2D eigenvalue weighted by Crippen LogP contribution is 2.33. The van der Waals surface area contributed by atoms with Crippen molar-refractivity contribution in [3.8, 4) is 28.5 Å². The van der Waals surface area contributed by atoms with E-state index in [1.54, 1.807) is 24.3 Å². The van der Waals surface area contributed by atoms with Crippen LogP contribution in [0.3, 0.4) is 0 Å². The van der Waals surface area contributed by atoms with Crippen LogP contribution in [0.15, 0.2) is 47.3 Å². The number of aromatic nitrogens is 3. The second-order valence-corrected chi connectivity index (χ2v) is 9.19. The van der Waals surface area contributed by atoms with Gasteiger partial charge in [-0.15, -0.1) is 0 Å². The largest absolute Gasteiger partial charge is 0.493 e. The molecule has 1 atom stereocenters. The number of alkyl halides is 3. The Morgan fingerprint density at radius 1 is 1.14 bits per heavy atom. The molecule has 0 aliphatic rings. The zero-order valence-electron chi connectivity index (χ0n) is 20.6. The predicted octanol–water partition coefficient (Wildman–Crippen LogP) is 4.77. The van der Waals surface area contributed by atoms with Crippen LogP contribution < -0.4 is 15.7 Å². The SMILES string of the molecule is CO[C@](C)(C(=O)NCc1ccc(Cl)c(-c2nc(-c3ccc(OCC(C)C)cc3)nc(=O)[nH]2)c1)C(F)(F)F. The topological polar surface area (TPSA) is 106 Å². The lowest BCUT2D eigenvalue weighted by molar-refractivity contribution is -0.253. The summed E-state index contributed by atoms with van der Waals surface area (Å²) in [6.45, 7) is 5.02. The molecule has 3 aromatic rings. The van der Waals surface area contributed by atoms with Crippen molar-refractivity contribution in [1.29, 1.82) is 0 Å². The van der Waals surface area contributed by atoms with Crippen LogP contribution in [0.25, 0.3) is 22.8 Å². The van der Waals surface area contributed by atoms with Gasteiger partial charge in [-0.25, -0.2) is 9.78 Å². The number of benzene rings is 2. The van der Waals surface area contributed by atoms with Gasteiger partial charge >= 0.3 is 11.9 Å². The maximum Gasteiger partial charge on any atom is 0.426 e. The van der Waals surface area contributed by atoms with Gasteiger partial charge in [0.2, 0.25) is 5.60 Å². The lowest BCUT2D eigenvalue weighted by Gasteiger charge is -2.29. The average Bonchev–Trinajstić information content (AvgIpc) is 2.85. The number of amides is 1. The maximum atomic E-state index is 13.3. The standard InChI is InChI=1S/C25H26ClF3N4O4/c1-14(2)13-37-17-8-6-16(7-9-17)20-31-21(33-23(35)32-20)18-11-15(5-10-19(18)26)12-30-22(34)24(3,36-4)25(27,28)29/h5-11,14H,12-13H2,1-4H3,(H,30,34)(H,31,32,33,35)/t24-/m1/s1. The third kappa shape index (κ3) is 6.66. The van der Waals surface area contributed by atoms with Crippen LogP contribution >= 0.6 is 11.6 Å². The molecule has 198 valence electrons. The van der Waals surface area contributed by atoms with Gasteiger partial charge in [0, 0.05) is 24.8 Å². The number of nitrogens with one attached hydrogen (secondary N) is 2. The smallest absolute Gasteiger partial charge is 0.426 e. The van der Waals surface area contributed by atoms with Crippen LogP contribution in [0, 0.1) is 5.92 Å². The minimum atomic E-state index is -4.91. The van der Waals surface area contributed by atoms with E-state index in [0.29, 0.717) is 41.9 Å². The van der Waals surface area contributed by atoms with E-state index in [0.717, 1.165) is 7.11 Å². The van der Waals surface area contributed by atoms with Crippen molar-refractivity contribution < 1.29 is 27.4 Å². The molecule has 0 bridgehead atoms. The van der Waals surface area contributed by atoms with Gasteiger partial charge in [-0.1, -0.05) is 31.5 Å². The Morgan fingerprint density at radius 2 is 1.81 bits per heavy atom. The summed E-state index contributed by atoms with van der Waals surface area (Å²) >= 11 is 6.32. The van der Waals surface area contributed by atoms with Gasteiger partial charge in [-0.3, -0.25) is 9.78 Å². The Bertz CT molecular complexity index is 1310. The number of hydrogen-bond acceptors (Lipinski definition) is 6. The van der Waals surface area contributed by atoms with E-state index in [1.807, 2.05) is 13.8 Å². The number of nitrogens with zero attached hydrogens (tertiary/aromatic N) is 2. The van der Waals surface area contributed by atoms with Gasteiger partial charge < -0.3 is 14.8 Å². The number of carbonyl (C=O) groups is 1. The van der Waals surface area contributed by atoms with E-state index in [2.05, 4.69) is 25.0 Å². The third-order valence-electron chi connectivity index (χ3n) is 5.47. The second-order valence-electron chi connectivity index (χ2n) is 8.79. The molecule has 37 heavy (non-hydrogen) atoms. The van der Waals surface area contributed by atoms with Gasteiger partial charge in [-0.2, -0.15) is 18.2 Å². The molecular formula is C25H26ClF3N4O4. The summed E-state index contributed by atoms with van der Waals surface area (Å²) in [7, 11) is 0.808. The molecule has 1 heterocycles. The molecule has 1 aromatic heterocycles. The van der Waals surface area contributed by atoms with Crippen molar-refractivity contribution in [2.45, 2.75) is 39.1 Å². The maximum absolute atomic E-state index is 13.3. The Morgan fingerprint density at radius 3 is 2.41 bits per heavy atom. The quantitative estimate of drug-likeness (QED) is 0.406. The molecule has 1 amide bonds. The summed E-state index contributed by atoms with van der Waals surface area (Å²) in [5, 5.41) is 2.45. The summed E-state index contributed by atoms with van der Waals surface area (Å²) in [5.41, 5.74) is -2.40. The molecule has 0 aliphatic heterocycles. The highest BCUT2D eigenvalue weighted by molar-refractivity contribution is 6.33. The molecule has 0 saturated heterocycles. The van der Waals surface area contributed by atoms with Crippen LogP contribution in [0.4, 0.5) is 13.2 Å². The zero-order chi connectivity index (χ0) is 27.4. The van der Waals surface area contributed by atoms with Crippen LogP contribution in [-0.4, -0.2) is 46.4 Å². The number of carbonyl (C=O) groups excluding carboxylic acids is 1. The molecule has 2 N–H and O–H groups in total. The van der Waals surface area contributed by atoms with Gasteiger partial charge in [0.1, 0.15) is 11.6 Å².